The van der Waals surface area contributed by atoms with Crippen LogP contribution in [0.25, 0.3) is 0 Å². The van der Waals surface area contributed by atoms with E-state index in [4.69, 9.17) is 4.74 Å². The number of ether oxygens (including phenoxy) is 1. The molecule has 2 unspecified atom stereocenters. The number of hydrogen-bond acceptors (Lipinski definition) is 2. The molecule has 0 amide bonds. The molecule has 0 saturated heterocycles. The zero-order valence-corrected chi connectivity index (χ0v) is 11.0. The van der Waals surface area contributed by atoms with Crippen LogP contribution >= 0.6 is 22.6 Å². The molecule has 0 spiro atoms. The van der Waals surface area contributed by atoms with Crippen molar-refractivity contribution >= 4 is 28.6 Å². The van der Waals surface area contributed by atoms with E-state index in [0.29, 0.717) is 0 Å². The Morgan fingerprint density at radius 2 is 2.07 bits per heavy atom. The molecule has 0 radical (unpaired) electrons. The lowest BCUT2D eigenvalue weighted by Gasteiger charge is -2.53. The van der Waals surface area contributed by atoms with Crippen LogP contribution in [-0.2, 0) is 9.53 Å². The number of halogens is 1. The highest BCUT2D eigenvalue weighted by atomic mass is 127. The van der Waals surface area contributed by atoms with Crippen LogP contribution in [0.5, 0.6) is 0 Å². The third kappa shape index (κ3) is 1.54. The predicted octanol–water partition coefficient (Wildman–Crippen LogP) is 3.06. The Hall–Kier alpha value is -0.0600. The van der Waals surface area contributed by atoms with Gasteiger partial charge in [0.1, 0.15) is 4.11 Å². The molecule has 3 heteroatoms. The Morgan fingerprint density at radius 3 is 2.60 bits per heavy atom. The highest BCUT2D eigenvalue weighted by molar-refractivity contribution is 14.1. The van der Waals surface area contributed by atoms with Crippen LogP contribution in [0.4, 0.5) is 0 Å². The molecule has 5 aliphatic rings. The highest BCUT2D eigenvalue weighted by Gasteiger charge is 2.49. The molecule has 5 aliphatic carbocycles. The zero-order valence-electron chi connectivity index (χ0n) is 8.83. The van der Waals surface area contributed by atoms with Gasteiger partial charge in [0.05, 0.1) is 0 Å². The number of rotatable bonds is 2. The number of alkyl halides is 1. The van der Waals surface area contributed by atoms with Crippen molar-refractivity contribution in [3.05, 3.63) is 11.1 Å². The molecule has 3 fully saturated rings. The van der Waals surface area contributed by atoms with Crippen LogP contribution in [0.15, 0.2) is 11.1 Å². The molecule has 3 saturated carbocycles. The highest BCUT2D eigenvalue weighted by Crippen LogP contribution is 2.59. The van der Waals surface area contributed by atoms with Gasteiger partial charge in [0.15, 0.2) is 0 Å². The van der Waals surface area contributed by atoms with Crippen molar-refractivity contribution in [1.29, 1.82) is 0 Å². The second-order valence-corrected chi connectivity index (χ2v) is 6.81. The molecule has 0 heterocycles. The van der Waals surface area contributed by atoms with Crippen molar-refractivity contribution in [2.75, 3.05) is 0 Å². The van der Waals surface area contributed by atoms with Crippen LogP contribution < -0.4 is 0 Å². The van der Waals surface area contributed by atoms with Crippen LogP contribution in [0.1, 0.15) is 32.6 Å². The molecule has 0 aromatic rings. The average Bonchev–Trinajstić information content (AvgIpc) is 2.15. The van der Waals surface area contributed by atoms with Gasteiger partial charge in [-0.1, -0.05) is 5.57 Å². The molecular weight excluding hydrogens is 303 g/mol. The zero-order chi connectivity index (χ0) is 10.6. The van der Waals surface area contributed by atoms with Gasteiger partial charge in [-0.25, -0.2) is 4.79 Å². The fourth-order valence-corrected chi connectivity index (χ4v) is 3.83. The minimum Gasteiger partial charge on any atom is -0.449 e. The number of hydrogen-bond donors (Lipinski definition) is 0. The maximum Gasteiger partial charge on any atom is 0.335 e. The largest absolute Gasteiger partial charge is 0.449 e. The smallest absolute Gasteiger partial charge is 0.335 e. The Kier molecular flexibility index (Phi) is 2.34. The summed E-state index contributed by atoms with van der Waals surface area (Å²) >= 11 is 2.13. The van der Waals surface area contributed by atoms with Gasteiger partial charge in [0, 0.05) is 5.57 Å². The lowest BCUT2D eigenvalue weighted by atomic mass is 9.51. The minimum atomic E-state index is -0.0361. The summed E-state index contributed by atoms with van der Waals surface area (Å²) < 4.78 is 5.29. The Bertz CT molecular complexity index is 332. The Balaban J connectivity index is 1.84. The van der Waals surface area contributed by atoms with Crippen LogP contribution in [0, 0.1) is 17.8 Å². The van der Waals surface area contributed by atoms with E-state index < -0.39 is 0 Å². The molecule has 0 aliphatic heterocycles. The number of esters is 1. The summed E-state index contributed by atoms with van der Waals surface area (Å²) in [5, 5.41) is 0. The fraction of sp³-hybridized carbons (Fsp3) is 0.750. The Morgan fingerprint density at radius 1 is 1.40 bits per heavy atom. The summed E-state index contributed by atoms with van der Waals surface area (Å²) in [6.45, 7) is 1.91. The lowest BCUT2D eigenvalue weighted by Crippen LogP contribution is -2.43. The standard InChI is InChI=1S/C12H15IO2/c1-6(13)15-12(14)10-4-7-2-8-5-9(3-7)11(8)10/h6-9H,2-5H2,1H3/t6-,7?,8?,9?/m1/s1. The summed E-state index contributed by atoms with van der Waals surface area (Å²) in [4.78, 5) is 11.9. The first-order chi connectivity index (χ1) is 7.15. The van der Waals surface area contributed by atoms with E-state index in [0.717, 1.165) is 29.7 Å². The lowest BCUT2D eigenvalue weighted by molar-refractivity contribution is -0.140. The number of carbonyl (C=O) groups is 1. The van der Waals surface area contributed by atoms with Crippen molar-refractivity contribution in [3.63, 3.8) is 0 Å². The molecular formula is C12H15IO2. The summed E-state index contributed by atoms with van der Waals surface area (Å²) in [6.07, 6.45) is 5.00. The van der Waals surface area contributed by atoms with Crippen LogP contribution in [0.3, 0.4) is 0 Å². The number of fused-ring (bicyclic) bond motifs is 1. The Labute approximate surface area is 104 Å². The van der Waals surface area contributed by atoms with E-state index in [1.54, 1.807) is 0 Å². The maximum atomic E-state index is 11.9. The maximum absolute atomic E-state index is 11.9. The van der Waals surface area contributed by atoms with Gasteiger partial charge in [-0.15, -0.1) is 0 Å². The van der Waals surface area contributed by atoms with Gasteiger partial charge < -0.3 is 4.74 Å². The molecule has 3 atom stereocenters. The van der Waals surface area contributed by atoms with Gasteiger partial charge in [0.25, 0.3) is 0 Å². The normalized spacial score (nSPS) is 38.7. The SMILES string of the molecule is C[C@H](I)OC(=O)C1=C2C3CC(C1)CC2C3. The molecule has 0 aromatic carbocycles. The van der Waals surface area contributed by atoms with Crippen LogP contribution in [0.2, 0.25) is 0 Å². The molecule has 5 rings (SSSR count). The molecule has 2 nitrogen and oxygen atoms in total. The quantitative estimate of drug-likeness (QED) is 0.444. The van der Waals surface area contributed by atoms with E-state index in [-0.39, 0.29) is 10.1 Å². The average molecular weight is 318 g/mol. The topological polar surface area (TPSA) is 26.3 Å². The second-order valence-electron chi connectivity index (χ2n) is 5.05. The van der Waals surface area contributed by atoms with E-state index in [9.17, 15) is 4.79 Å². The van der Waals surface area contributed by atoms with Gasteiger partial charge in [-0.2, -0.15) is 0 Å². The molecule has 15 heavy (non-hydrogen) atoms. The van der Waals surface area contributed by atoms with Gasteiger partial charge >= 0.3 is 5.97 Å². The van der Waals surface area contributed by atoms with Crippen molar-refractivity contribution < 1.29 is 9.53 Å². The van der Waals surface area contributed by atoms with Gasteiger partial charge in [-0.3, -0.25) is 0 Å². The molecule has 0 aromatic heterocycles. The van der Waals surface area contributed by atoms with Gasteiger partial charge in [0.2, 0.25) is 0 Å². The van der Waals surface area contributed by atoms with Crippen molar-refractivity contribution in [2.45, 2.75) is 36.7 Å². The third-order valence-corrected chi connectivity index (χ3v) is 4.30. The summed E-state index contributed by atoms with van der Waals surface area (Å²) in [7, 11) is 0. The second kappa shape index (κ2) is 3.47. The fourth-order valence-electron chi connectivity index (χ4n) is 3.60. The van der Waals surface area contributed by atoms with Crippen molar-refractivity contribution in [3.8, 4) is 0 Å². The van der Waals surface area contributed by atoms with E-state index in [2.05, 4.69) is 22.6 Å². The summed E-state index contributed by atoms with van der Waals surface area (Å²) in [5.74, 6) is 2.23. The first kappa shape index (κ1) is 10.1. The number of allylic oxidation sites excluding steroid dienone is 1. The first-order valence-electron chi connectivity index (χ1n) is 5.73. The van der Waals surface area contributed by atoms with E-state index in [1.807, 2.05) is 6.92 Å². The van der Waals surface area contributed by atoms with Crippen molar-refractivity contribution in [1.82, 2.24) is 0 Å². The third-order valence-electron chi connectivity index (χ3n) is 4.04. The van der Waals surface area contributed by atoms with E-state index >= 15 is 0 Å². The summed E-state index contributed by atoms with van der Waals surface area (Å²) in [6, 6.07) is 0. The monoisotopic (exact) mass is 318 g/mol. The predicted molar refractivity (Wildman–Crippen MR) is 65.5 cm³/mol. The molecule has 4 bridgehead atoms. The minimum absolute atomic E-state index is 0.0139. The summed E-state index contributed by atoms with van der Waals surface area (Å²) in [5.41, 5.74) is 2.52. The van der Waals surface area contributed by atoms with Gasteiger partial charge in [-0.05, 0) is 73.0 Å². The first-order valence-corrected chi connectivity index (χ1v) is 6.97. The van der Waals surface area contributed by atoms with Crippen LogP contribution in [-0.4, -0.2) is 10.1 Å². The van der Waals surface area contributed by atoms with E-state index in [1.165, 1.54) is 24.8 Å². The molecule has 82 valence electrons. The van der Waals surface area contributed by atoms with Crippen molar-refractivity contribution in [2.24, 2.45) is 17.8 Å². The number of carbonyl (C=O) groups excluding carboxylic acids is 1. The molecule has 0 N–H and O–H groups in total.